The van der Waals surface area contributed by atoms with Crippen LogP contribution in [-0.4, -0.2) is 33.8 Å². The summed E-state index contributed by atoms with van der Waals surface area (Å²) in [6.07, 6.45) is 0. The first-order valence-electron chi connectivity index (χ1n) is 8.01. The van der Waals surface area contributed by atoms with E-state index in [1.54, 1.807) is 37.4 Å². The van der Waals surface area contributed by atoms with Crippen LogP contribution in [0.25, 0.3) is 0 Å². The SMILES string of the molecule is CCOCc1cc(C(=O)Nc2cc(OC)c(Cl)cc2OC)ccc1OC. The average molecular weight is 380 g/mol. The highest BCUT2D eigenvalue weighted by atomic mass is 35.5. The van der Waals surface area contributed by atoms with E-state index < -0.39 is 0 Å². The number of hydrogen-bond donors (Lipinski definition) is 1. The van der Waals surface area contributed by atoms with Crippen molar-refractivity contribution in [3.8, 4) is 17.2 Å². The topological polar surface area (TPSA) is 66.0 Å². The Kier molecular flexibility index (Phi) is 7.12. The maximum absolute atomic E-state index is 12.7. The van der Waals surface area contributed by atoms with Crippen molar-refractivity contribution in [1.82, 2.24) is 0 Å². The molecule has 0 heterocycles. The summed E-state index contributed by atoms with van der Waals surface area (Å²) in [5.74, 6) is 1.25. The molecule has 2 aromatic carbocycles. The van der Waals surface area contributed by atoms with Gasteiger partial charge in [-0.1, -0.05) is 11.6 Å². The third kappa shape index (κ3) is 4.59. The Labute approximate surface area is 158 Å². The second-order valence-electron chi connectivity index (χ2n) is 5.30. The van der Waals surface area contributed by atoms with E-state index in [1.807, 2.05) is 6.92 Å². The van der Waals surface area contributed by atoms with E-state index in [0.29, 0.717) is 46.7 Å². The van der Waals surface area contributed by atoms with Gasteiger partial charge in [-0.25, -0.2) is 0 Å². The van der Waals surface area contributed by atoms with E-state index in [4.69, 9.17) is 30.5 Å². The number of benzene rings is 2. The highest BCUT2D eigenvalue weighted by molar-refractivity contribution is 6.32. The van der Waals surface area contributed by atoms with Crippen LogP contribution in [-0.2, 0) is 11.3 Å². The predicted octanol–water partition coefficient (Wildman–Crippen LogP) is 4.15. The smallest absolute Gasteiger partial charge is 0.255 e. The van der Waals surface area contributed by atoms with Crippen LogP contribution in [0.15, 0.2) is 30.3 Å². The number of hydrogen-bond acceptors (Lipinski definition) is 5. The molecule has 140 valence electrons. The zero-order valence-corrected chi connectivity index (χ0v) is 16.0. The van der Waals surface area contributed by atoms with Crippen molar-refractivity contribution in [2.24, 2.45) is 0 Å². The van der Waals surface area contributed by atoms with Gasteiger partial charge in [-0.15, -0.1) is 0 Å². The minimum atomic E-state index is -0.298. The standard InChI is InChI=1S/C19H22ClNO5/c1-5-26-11-13-8-12(6-7-16(13)23-2)19(22)21-15-10-17(24-3)14(20)9-18(15)25-4/h6-10H,5,11H2,1-4H3,(H,21,22). The Morgan fingerprint density at radius 3 is 2.31 bits per heavy atom. The molecule has 26 heavy (non-hydrogen) atoms. The molecular formula is C19H22ClNO5. The Morgan fingerprint density at radius 2 is 1.69 bits per heavy atom. The summed E-state index contributed by atoms with van der Waals surface area (Å²) < 4.78 is 21.2. The second kappa shape index (κ2) is 9.31. The molecule has 1 amide bonds. The number of halogens is 1. The molecule has 0 fully saturated rings. The molecule has 7 heteroatoms. The van der Waals surface area contributed by atoms with Gasteiger partial charge in [-0.2, -0.15) is 0 Å². The highest BCUT2D eigenvalue weighted by Crippen LogP contribution is 2.36. The Morgan fingerprint density at radius 1 is 1.00 bits per heavy atom. The zero-order valence-electron chi connectivity index (χ0n) is 15.2. The number of carbonyl (C=O) groups excluding carboxylic acids is 1. The highest BCUT2D eigenvalue weighted by Gasteiger charge is 2.15. The van der Waals surface area contributed by atoms with E-state index in [-0.39, 0.29) is 5.91 Å². The van der Waals surface area contributed by atoms with Crippen LogP contribution in [0.1, 0.15) is 22.8 Å². The summed E-state index contributed by atoms with van der Waals surface area (Å²) in [5, 5.41) is 3.21. The van der Waals surface area contributed by atoms with Crippen molar-refractivity contribution in [1.29, 1.82) is 0 Å². The Hall–Kier alpha value is -2.44. The average Bonchev–Trinajstić information content (AvgIpc) is 2.66. The maximum Gasteiger partial charge on any atom is 0.255 e. The van der Waals surface area contributed by atoms with Gasteiger partial charge in [-0.05, 0) is 25.1 Å². The maximum atomic E-state index is 12.7. The van der Waals surface area contributed by atoms with Crippen LogP contribution in [0, 0.1) is 0 Å². The molecule has 0 saturated carbocycles. The van der Waals surface area contributed by atoms with Gasteiger partial charge in [-0.3, -0.25) is 4.79 Å². The third-order valence-electron chi connectivity index (χ3n) is 3.73. The van der Waals surface area contributed by atoms with E-state index >= 15 is 0 Å². The Bertz CT molecular complexity index is 779. The zero-order chi connectivity index (χ0) is 19.1. The van der Waals surface area contributed by atoms with Gasteiger partial charge in [0.15, 0.2) is 0 Å². The number of carbonyl (C=O) groups is 1. The number of ether oxygens (including phenoxy) is 4. The first-order chi connectivity index (χ1) is 12.5. The largest absolute Gasteiger partial charge is 0.496 e. The summed E-state index contributed by atoms with van der Waals surface area (Å²) in [6.45, 7) is 2.84. The van der Waals surface area contributed by atoms with Gasteiger partial charge in [0.05, 0.1) is 38.6 Å². The van der Waals surface area contributed by atoms with E-state index in [1.165, 1.54) is 14.2 Å². The molecule has 0 bridgehead atoms. The number of methoxy groups -OCH3 is 3. The molecule has 2 aromatic rings. The van der Waals surface area contributed by atoms with Gasteiger partial charge >= 0.3 is 0 Å². The molecule has 1 N–H and O–H groups in total. The van der Waals surface area contributed by atoms with E-state index in [0.717, 1.165) is 5.56 Å². The van der Waals surface area contributed by atoms with E-state index in [9.17, 15) is 4.79 Å². The summed E-state index contributed by atoms with van der Waals surface area (Å²) in [7, 11) is 4.58. The lowest BCUT2D eigenvalue weighted by atomic mass is 10.1. The minimum Gasteiger partial charge on any atom is -0.496 e. The van der Waals surface area contributed by atoms with Gasteiger partial charge in [0.1, 0.15) is 17.2 Å². The van der Waals surface area contributed by atoms with Crippen LogP contribution in [0.4, 0.5) is 5.69 Å². The molecule has 0 unspecified atom stereocenters. The van der Waals surface area contributed by atoms with Gasteiger partial charge < -0.3 is 24.3 Å². The van der Waals surface area contributed by atoms with Gasteiger partial charge in [0.25, 0.3) is 5.91 Å². The van der Waals surface area contributed by atoms with Crippen LogP contribution in [0.2, 0.25) is 5.02 Å². The number of amides is 1. The summed E-state index contributed by atoms with van der Waals surface area (Å²) in [4.78, 5) is 12.7. The van der Waals surface area contributed by atoms with Crippen LogP contribution in [0.5, 0.6) is 17.2 Å². The molecule has 0 spiro atoms. The molecule has 6 nitrogen and oxygen atoms in total. The molecule has 2 rings (SSSR count). The van der Waals surface area contributed by atoms with E-state index in [2.05, 4.69) is 5.32 Å². The quantitative estimate of drug-likeness (QED) is 0.746. The normalized spacial score (nSPS) is 10.3. The van der Waals surface area contributed by atoms with Crippen molar-refractivity contribution in [2.75, 3.05) is 33.3 Å². The molecule has 0 saturated heterocycles. The lowest BCUT2D eigenvalue weighted by Crippen LogP contribution is -2.13. The number of anilines is 1. The fourth-order valence-corrected chi connectivity index (χ4v) is 2.63. The fraction of sp³-hybridized carbons (Fsp3) is 0.316. The van der Waals surface area contributed by atoms with Crippen LogP contribution >= 0.6 is 11.6 Å². The monoisotopic (exact) mass is 379 g/mol. The first-order valence-corrected chi connectivity index (χ1v) is 8.39. The predicted molar refractivity (Wildman–Crippen MR) is 101 cm³/mol. The van der Waals surface area contributed by atoms with Crippen LogP contribution in [0.3, 0.4) is 0 Å². The molecular weight excluding hydrogens is 358 g/mol. The molecule has 0 aliphatic rings. The van der Waals surface area contributed by atoms with Gasteiger partial charge in [0.2, 0.25) is 0 Å². The van der Waals surface area contributed by atoms with Crippen LogP contribution < -0.4 is 19.5 Å². The second-order valence-corrected chi connectivity index (χ2v) is 5.71. The van der Waals surface area contributed by atoms with Crippen molar-refractivity contribution >= 4 is 23.2 Å². The summed E-state index contributed by atoms with van der Waals surface area (Å²) in [5.41, 5.74) is 1.72. The number of rotatable bonds is 8. The summed E-state index contributed by atoms with van der Waals surface area (Å²) in [6, 6.07) is 8.36. The lowest BCUT2D eigenvalue weighted by Gasteiger charge is -2.14. The third-order valence-corrected chi connectivity index (χ3v) is 4.02. The minimum absolute atomic E-state index is 0.298. The van der Waals surface area contributed by atoms with Crippen molar-refractivity contribution in [3.63, 3.8) is 0 Å². The van der Waals surface area contributed by atoms with Gasteiger partial charge in [0, 0.05) is 29.9 Å². The Balaban J connectivity index is 2.30. The molecule has 0 aliphatic carbocycles. The lowest BCUT2D eigenvalue weighted by molar-refractivity contribution is 0.102. The summed E-state index contributed by atoms with van der Waals surface area (Å²) >= 11 is 6.09. The van der Waals surface area contributed by atoms with Crippen molar-refractivity contribution < 1.29 is 23.7 Å². The van der Waals surface area contributed by atoms with Crippen molar-refractivity contribution in [3.05, 3.63) is 46.5 Å². The molecule has 0 aliphatic heterocycles. The molecule has 0 aromatic heterocycles. The fourth-order valence-electron chi connectivity index (χ4n) is 2.40. The molecule has 0 radical (unpaired) electrons. The van der Waals surface area contributed by atoms with Crippen molar-refractivity contribution in [2.45, 2.75) is 13.5 Å². The number of nitrogens with one attached hydrogen (secondary N) is 1. The molecule has 0 atom stereocenters. The first kappa shape index (κ1) is 19.9.